The van der Waals surface area contributed by atoms with Crippen LogP contribution in [-0.4, -0.2) is 18.5 Å². The van der Waals surface area contributed by atoms with Crippen LogP contribution in [0.4, 0.5) is 0 Å². The minimum atomic E-state index is 0.307. The zero-order chi connectivity index (χ0) is 10.5. The molecule has 1 nitrogen and oxygen atoms in total. The van der Waals surface area contributed by atoms with Crippen LogP contribution in [0.15, 0.2) is 12.3 Å². The van der Waals surface area contributed by atoms with Crippen molar-refractivity contribution in [2.75, 3.05) is 13.6 Å². The van der Waals surface area contributed by atoms with E-state index in [1.807, 2.05) is 7.05 Å². The number of hydrogen-bond acceptors (Lipinski definition) is 1. The van der Waals surface area contributed by atoms with Crippen molar-refractivity contribution in [2.24, 2.45) is 5.41 Å². The Morgan fingerprint density at radius 3 is 2.38 bits per heavy atom. The van der Waals surface area contributed by atoms with Crippen molar-refractivity contribution in [3.63, 3.8) is 0 Å². The van der Waals surface area contributed by atoms with Crippen LogP contribution in [0.25, 0.3) is 0 Å². The van der Waals surface area contributed by atoms with Gasteiger partial charge in [0.15, 0.2) is 0 Å². The predicted octanol–water partition coefficient (Wildman–Crippen LogP) is 2.89. The maximum atomic E-state index is 5.20. The fourth-order valence-corrected chi connectivity index (χ4v) is 1.14. The Hall–Kier alpha value is -0.900. The SMILES string of the molecule is C#CCCN(C)C(=C)CC(C)(C)C. The number of hydrogen-bond donors (Lipinski definition) is 0. The van der Waals surface area contributed by atoms with Gasteiger partial charge in [-0.05, 0) is 11.8 Å². The molecule has 1 heteroatoms. The summed E-state index contributed by atoms with van der Waals surface area (Å²) in [5.74, 6) is 2.63. The average Bonchev–Trinajstić information content (AvgIpc) is 1.96. The number of terminal acetylenes is 1. The maximum Gasteiger partial charge on any atom is 0.0281 e. The first kappa shape index (κ1) is 12.1. The second-order valence-electron chi connectivity index (χ2n) is 4.68. The van der Waals surface area contributed by atoms with Crippen LogP contribution >= 0.6 is 0 Å². The summed E-state index contributed by atoms with van der Waals surface area (Å²) >= 11 is 0. The van der Waals surface area contributed by atoms with Crippen molar-refractivity contribution in [3.8, 4) is 12.3 Å². The molecule has 0 aliphatic rings. The quantitative estimate of drug-likeness (QED) is 0.600. The van der Waals surface area contributed by atoms with Gasteiger partial charge in [-0.3, -0.25) is 0 Å². The summed E-state index contributed by atoms with van der Waals surface area (Å²) in [4.78, 5) is 2.14. The Balaban J connectivity index is 3.91. The molecular formula is C12H21N. The van der Waals surface area contributed by atoms with E-state index >= 15 is 0 Å². The lowest BCUT2D eigenvalue weighted by Gasteiger charge is -2.26. The summed E-state index contributed by atoms with van der Waals surface area (Å²) in [6, 6.07) is 0. The number of allylic oxidation sites excluding steroid dienone is 1. The minimum Gasteiger partial charge on any atom is -0.377 e. The summed E-state index contributed by atoms with van der Waals surface area (Å²) in [7, 11) is 2.05. The van der Waals surface area contributed by atoms with Gasteiger partial charge < -0.3 is 4.90 Å². The number of nitrogens with zero attached hydrogens (tertiary/aromatic N) is 1. The van der Waals surface area contributed by atoms with Crippen LogP contribution in [0.5, 0.6) is 0 Å². The Morgan fingerprint density at radius 2 is 2.00 bits per heavy atom. The summed E-state index contributed by atoms with van der Waals surface area (Å²) in [5, 5.41) is 0. The lowest BCUT2D eigenvalue weighted by atomic mass is 9.90. The van der Waals surface area contributed by atoms with Crippen LogP contribution in [0.2, 0.25) is 0 Å². The predicted molar refractivity (Wildman–Crippen MR) is 59.3 cm³/mol. The van der Waals surface area contributed by atoms with E-state index in [2.05, 4.69) is 38.2 Å². The largest absolute Gasteiger partial charge is 0.377 e. The molecule has 0 fully saturated rings. The van der Waals surface area contributed by atoms with Crippen LogP contribution in [-0.2, 0) is 0 Å². The van der Waals surface area contributed by atoms with E-state index in [1.54, 1.807) is 0 Å². The van der Waals surface area contributed by atoms with Crippen LogP contribution in [0.3, 0.4) is 0 Å². The summed E-state index contributed by atoms with van der Waals surface area (Å²) in [6.07, 6.45) is 7.01. The molecule has 0 aromatic carbocycles. The molecule has 0 aromatic rings. The maximum absolute atomic E-state index is 5.20. The standard InChI is InChI=1S/C12H21N/c1-7-8-9-13(6)11(2)10-12(3,4)5/h1H,2,8-10H2,3-6H3. The molecule has 0 saturated carbocycles. The van der Waals surface area contributed by atoms with Crippen molar-refractivity contribution in [2.45, 2.75) is 33.6 Å². The summed E-state index contributed by atoms with van der Waals surface area (Å²) < 4.78 is 0. The van der Waals surface area contributed by atoms with Gasteiger partial charge in [-0.15, -0.1) is 12.3 Å². The molecule has 0 unspecified atom stereocenters. The van der Waals surface area contributed by atoms with Gasteiger partial charge in [-0.2, -0.15) is 0 Å². The van der Waals surface area contributed by atoms with E-state index in [0.29, 0.717) is 5.41 Å². The van der Waals surface area contributed by atoms with Crippen molar-refractivity contribution < 1.29 is 0 Å². The Morgan fingerprint density at radius 1 is 1.46 bits per heavy atom. The highest BCUT2D eigenvalue weighted by Crippen LogP contribution is 2.24. The highest BCUT2D eigenvalue weighted by molar-refractivity contribution is 4.97. The molecule has 0 amide bonds. The minimum absolute atomic E-state index is 0.307. The monoisotopic (exact) mass is 179 g/mol. The van der Waals surface area contributed by atoms with E-state index in [0.717, 1.165) is 19.4 Å². The molecule has 74 valence electrons. The van der Waals surface area contributed by atoms with Crippen LogP contribution < -0.4 is 0 Å². The molecular weight excluding hydrogens is 158 g/mol. The Labute approximate surface area is 82.8 Å². The normalized spacial score (nSPS) is 10.7. The van der Waals surface area contributed by atoms with Gasteiger partial charge in [0.1, 0.15) is 0 Å². The molecule has 0 aliphatic heterocycles. The molecule has 0 spiro atoms. The van der Waals surface area contributed by atoms with E-state index in [9.17, 15) is 0 Å². The van der Waals surface area contributed by atoms with Crippen molar-refractivity contribution >= 4 is 0 Å². The fourth-order valence-electron chi connectivity index (χ4n) is 1.14. The third-order valence-corrected chi connectivity index (χ3v) is 1.87. The topological polar surface area (TPSA) is 3.24 Å². The highest BCUT2D eigenvalue weighted by Gasteiger charge is 2.13. The average molecular weight is 179 g/mol. The summed E-state index contributed by atoms with van der Waals surface area (Å²) in [6.45, 7) is 11.6. The van der Waals surface area contributed by atoms with Crippen molar-refractivity contribution in [1.29, 1.82) is 0 Å². The van der Waals surface area contributed by atoms with Crippen molar-refractivity contribution in [3.05, 3.63) is 12.3 Å². The zero-order valence-electron chi connectivity index (χ0n) is 9.35. The van der Waals surface area contributed by atoms with Crippen LogP contribution in [0.1, 0.15) is 33.6 Å². The molecule has 0 aliphatic carbocycles. The van der Waals surface area contributed by atoms with Gasteiger partial charge in [-0.25, -0.2) is 0 Å². The molecule has 0 saturated heterocycles. The first-order valence-electron chi connectivity index (χ1n) is 4.69. The first-order valence-corrected chi connectivity index (χ1v) is 4.69. The number of rotatable bonds is 4. The highest BCUT2D eigenvalue weighted by atomic mass is 15.1. The fraction of sp³-hybridized carbons (Fsp3) is 0.667. The third kappa shape index (κ3) is 6.28. The molecule has 0 rings (SSSR count). The van der Waals surface area contributed by atoms with Crippen LogP contribution in [0, 0.1) is 17.8 Å². The summed E-state index contributed by atoms with van der Waals surface area (Å²) in [5.41, 5.74) is 1.48. The Bertz CT molecular complexity index is 202. The van der Waals surface area contributed by atoms with Gasteiger partial charge in [-0.1, -0.05) is 27.4 Å². The molecule has 13 heavy (non-hydrogen) atoms. The van der Waals surface area contributed by atoms with Gasteiger partial charge in [0, 0.05) is 25.7 Å². The van der Waals surface area contributed by atoms with E-state index in [1.165, 1.54) is 5.70 Å². The van der Waals surface area contributed by atoms with E-state index in [-0.39, 0.29) is 0 Å². The smallest absolute Gasteiger partial charge is 0.0281 e. The van der Waals surface area contributed by atoms with E-state index in [4.69, 9.17) is 6.42 Å². The molecule has 0 aromatic heterocycles. The van der Waals surface area contributed by atoms with E-state index < -0.39 is 0 Å². The van der Waals surface area contributed by atoms with Gasteiger partial charge in [0.05, 0.1) is 0 Å². The second-order valence-corrected chi connectivity index (χ2v) is 4.68. The molecule has 0 N–H and O–H groups in total. The van der Waals surface area contributed by atoms with Crippen molar-refractivity contribution in [1.82, 2.24) is 4.90 Å². The van der Waals surface area contributed by atoms with Gasteiger partial charge in [0.2, 0.25) is 0 Å². The second kappa shape index (κ2) is 4.97. The Kier molecular flexibility index (Phi) is 4.62. The van der Waals surface area contributed by atoms with Gasteiger partial charge in [0.25, 0.3) is 0 Å². The molecule has 0 heterocycles. The first-order chi connectivity index (χ1) is 5.87. The van der Waals surface area contributed by atoms with Gasteiger partial charge >= 0.3 is 0 Å². The lowest BCUT2D eigenvalue weighted by molar-refractivity contribution is 0.331. The molecule has 0 radical (unpaired) electrons. The third-order valence-electron chi connectivity index (χ3n) is 1.87. The molecule has 0 atom stereocenters. The zero-order valence-corrected chi connectivity index (χ0v) is 9.35. The molecule has 0 bridgehead atoms. The lowest BCUT2D eigenvalue weighted by Crippen LogP contribution is -2.21.